The number of anilines is 1. The summed E-state index contributed by atoms with van der Waals surface area (Å²) in [6, 6.07) is 0. The van der Waals surface area contributed by atoms with Crippen LogP contribution in [0.5, 0.6) is 5.88 Å². The van der Waals surface area contributed by atoms with E-state index in [0.29, 0.717) is 6.54 Å². The van der Waals surface area contributed by atoms with Crippen LogP contribution in [-0.2, 0) is 0 Å². The van der Waals surface area contributed by atoms with Crippen molar-refractivity contribution in [1.82, 2.24) is 9.97 Å². The monoisotopic (exact) mass is 294 g/mol. The molecule has 1 rings (SSSR count). The Morgan fingerprint density at radius 3 is 2.55 bits per heavy atom. The topological polar surface area (TPSA) is 90.2 Å². The van der Waals surface area contributed by atoms with Gasteiger partial charge in [-0.2, -0.15) is 18.2 Å². The molecule has 0 radical (unpaired) electrons. The van der Waals surface area contributed by atoms with Crippen molar-refractivity contribution >= 4 is 11.6 Å². The number of ether oxygens (including phenoxy) is 1. The van der Waals surface area contributed by atoms with E-state index >= 15 is 0 Å². The molecule has 1 aromatic rings. The van der Waals surface area contributed by atoms with Crippen LogP contribution in [0.1, 0.15) is 19.0 Å². The number of hydrogen-bond acceptors (Lipinski definition) is 6. The second-order valence-electron chi connectivity index (χ2n) is 3.87. The van der Waals surface area contributed by atoms with Crippen LogP contribution in [0.15, 0.2) is 0 Å². The molecule has 1 N–H and O–H groups in total. The zero-order valence-electron chi connectivity index (χ0n) is 10.8. The highest BCUT2D eigenvalue weighted by Crippen LogP contribution is 2.30. The Kier molecular flexibility index (Phi) is 5.06. The van der Waals surface area contributed by atoms with Gasteiger partial charge < -0.3 is 10.1 Å². The molecule has 10 heteroatoms. The Hall–Kier alpha value is -2.13. The first-order chi connectivity index (χ1) is 9.24. The third kappa shape index (κ3) is 4.52. The van der Waals surface area contributed by atoms with E-state index in [1.165, 1.54) is 6.92 Å². The molecule has 0 bridgehead atoms. The molecule has 0 unspecified atom stereocenters. The summed E-state index contributed by atoms with van der Waals surface area (Å²) in [6.07, 6.45) is -3.87. The minimum atomic E-state index is -4.61. The van der Waals surface area contributed by atoms with Crippen LogP contribution in [0.4, 0.5) is 24.8 Å². The van der Waals surface area contributed by atoms with Crippen molar-refractivity contribution in [2.75, 3.05) is 18.5 Å². The van der Waals surface area contributed by atoms with Gasteiger partial charge in [-0.1, -0.05) is 6.92 Å². The van der Waals surface area contributed by atoms with Crippen molar-refractivity contribution < 1.29 is 22.8 Å². The van der Waals surface area contributed by atoms with Gasteiger partial charge >= 0.3 is 11.9 Å². The van der Waals surface area contributed by atoms with E-state index in [-0.39, 0.29) is 11.6 Å². The third-order valence-corrected chi connectivity index (χ3v) is 2.11. The third-order valence-electron chi connectivity index (χ3n) is 2.11. The fourth-order valence-electron chi connectivity index (χ4n) is 1.32. The fraction of sp³-hybridized carbons (Fsp3) is 0.600. The van der Waals surface area contributed by atoms with Crippen molar-refractivity contribution in [3.05, 3.63) is 15.8 Å². The lowest BCUT2D eigenvalue weighted by Gasteiger charge is -2.11. The molecule has 0 saturated carbocycles. The summed E-state index contributed by atoms with van der Waals surface area (Å²) in [5, 5.41) is 13.6. The number of nitrogens with one attached hydrogen (secondary N) is 1. The molecule has 0 aromatic carbocycles. The summed E-state index contributed by atoms with van der Waals surface area (Å²) in [5.74, 6) is -0.703. The molecule has 0 spiro atoms. The highest BCUT2D eigenvalue weighted by Gasteiger charge is 2.32. The van der Waals surface area contributed by atoms with Crippen LogP contribution in [0, 0.1) is 17.0 Å². The second-order valence-corrected chi connectivity index (χ2v) is 3.87. The number of hydrogen-bond donors (Lipinski definition) is 1. The van der Waals surface area contributed by atoms with Crippen molar-refractivity contribution in [2.24, 2.45) is 0 Å². The number of halogens is 3. The van der Waals surface area contributed by atoms with Gasteiger partial charge in [-0.15, -0.1) is 0 Å². The second kappa shape index (κ2) is 6.35. The summed E-state index contributed by atoms with van der Waals surface area (Å²) in [4.78, 5) is 17.4. The average molecular weight is 294 g/mol. The van der Waals surface area contributed by atoms with E-state index in [2.05, 4.69) is 20.0 Å². The van der Waals surface area contributed by atoms with Crippen molar-refractivity contribution in [1.29, 1.82) is 0 Å². The molecule has 1 heterocycles. The van der Waals surface area contributed by atoms with Crippen molar-refractivity contribution in [3.8, 4) is 5.88 Å². The Morgan fingerprint density at radius 2 is 2.05 bits per heavy atom. The van der Waals surface area contributed by atoms with E-state index in [1.54, 1.807) is 0 Å². The van der Waals surface area contributed by atoms with Gasteiger partial charge in [0.15, 0.2) is 6.61 Å². The Bertz CT molecular complexity index is 493. The van der Waals surface area contributed by atoms with E-state index in [9.17, 15) is 23.3 Å². The first-order valence-corrected chi connectivity index (χ1v) is 5.71. The zero-order valence-corrected chi connectivity index (χ0v) is 10.8. The van der Waals surface area contributed by atoms with E-state index < -0.39 is 29.3 Å². The number of alkyl halides is 3. The molecule has 7 nitrogen and oxygen atoms in total. The normalized spacial score (nSPS) is 11.2. The molecule has 1 aromatic heterocycles. The van der Waals surface area contributed by atoms with E-state index in [1.807, 2.05) is 6.92 Å². The smallest absolute Gasteiger partial charge is 0.422 e. The maximum absolute atomic E-state index is 12.1. The Balaban J connectivity index is 3.08. The van der Waals surface area contributed by atoms with Crippen LogP contribution < -0.4 is 10.1 Å². The molecule has 0 atom stereocenters. The predicted octanol–water partition coefficient (Wildman–Crippen LogP) is 2.46. The molecule has 0 fully saturated rings. The number of rotatable bonds is 6. The number of aromatic nitrogens is 2. The lowest BCUT2D eigenvalue weighted by Crippen LogP contribution is -2.21. The molecule has 0 aliphatic carbocycles. The van der Waals surface area contributed by atoms with E-state index in [0.717, 1.165) is 6.42 Å². The molecule has 0 saturated heterocycles. The van der Waals surface area contributed by atoms with E-state index in [4.69, 9.17) is 0 Å². The van der Waals surface area contributed by atoms with Gasteiger partial charge in [0.05, 0.1) is 4.92 Å². The highest BCUT2D eigenvalue weighted by atomic mass is 19.4. The van der Waals surface area contributed by atoms with Gasteiger partial charge in [0, 0.05) is 6.54 Å². The average Bonchev–Trinajstić information content (AvgIpc) is 2.31. The quantitative estimate of drug-likeness (QED) is 0.640. The first kappa shape index (κ1) is 15.9. The Morgan fingerprint density at radius 1 is 1.40 bits per heavy atom. The van der Waals surface area contributed by atoms with Gasteiger partial charge in [-0.05, 0) is 13.3 Å². The number of nitro groups is 1. The largest absolute Gasteiger partial charge is 0.463 e. The Labute approximate surface area is 112 Å². The maximum atomic E-state index is 12.1. The lowest BCUT2D eigenvalue weighted by molar-refractivity contribution is -0.387. The molecular formula is C10H13F3N4O3. The van der Waals surface area contributed by atoms with Crippen molar-refractivity contribution in [3.63, 3.8) is 0 Å². The fourth-order valence-corrected chi connectivity index (χ4v) is 1.32. The minimum absolute atomic E-state index is 0.00729. The van der Waals surface area contributed by atoms with Gasteiger partial charge in [-0.3, -0.25) is 10.1 Å². The van der Waals surface area contributed by atoms with Gasteiger partial charge in [0.2, 0.25) is 5.95 Å². The maximum Gasteiger partial charge on any atom is 0.422 e. The first-order valence-electron chi connectivity index (χ1n) is 5.71. The molecule has 20 heavy (non-hydrogen) atoms. The molecule has 0 amide bonds. The minimum Gasteiger partial charge on any atom is -0.463 e. The van der Waals surface area contributed by atoms with Crippen LogP contribution in [0.25, 0.3) is 0 Å². The molecular weight excluding hydrogens is 281 g/mol. The lowest BCUT2D eigenvalue weighted by atomic mass is 10.3. The van der Waals surface area contributed by atoms with Gasteiger partial charge in [0.25, 0.3) is 5.88 Å². The SMILES string of the molecule is CCCNc1nc(C)c([N+](=O)[O-])c(OCC(F)(F)F)n1. The van der Waals surface area contributed by atoms with Gasteiger partial charge in [-0.25, -0.2) is 4.98 Å². The zero-order chi connectivity index (χ0) is 15.3. The van der Waals surface area contributed by atoms with Crippen LogP contribution in [0.3, 0.4) is 0 Å². The molecule has 0 aliphatic rings. The molecule has 0 aliphatic heterocycles. The van der Waals surface area contributed by atoms with Crippen LogP contribution in [-0.4, -0.2) is 34.2 Å². The standard InChI is InChI=1S/C10H13F3N4O3/c1-3-4-14-9-15-6(2)7(17(18)19)8(16-9)20-5-10(11,12)13/h3-5H2,1-2H3,(H,14,15,16). The highest BCUT2D eigenvalue weighted by molar-refractivity contribution is 5.48. The summed E-state index contributed by atoms with van der Waals surface area (Å²) in [6.45, 7) is 2.00. The summed E-state index contributed by atoms with van der Waals surface area (Å²) < 4.78 is 40.8. The number of nitrogens with zero attached hydrogens (tertiary/aromatic N) is 3. The molecule has 112 valence electrons. The van der Waals surface area contributed by atoms with Gasteiger partial charge in [0.1, 0.15) is 5.69 Å². The van der Waals surface area contributed by atoms with Crippen molar-refractivity contribution in [2.45, 2.75) is 26.4 Å². The number of aryl methyl sites for hydroxylation is 1. The predicted molar refractivity (Wildman–Crippen MR) is 63.8 cm³/mol. The summed E-state index contributed by atoms with van der Waals surface area (Å²) >= 11 is 0. The van der Waals surface area contributed by atoms with Crippen LogP contribution in [0.2, 0.25) is 0 Å². The summed E-state index contributed by atoms with van der Waals surface area (Å²) in [7, 11) is 0. The summed E-state index contributed by atoms with van der Waals surface area (Å²) in [5.41, 5.74) is -0.739. The van der Waals surface area contributed by atoms with Crippen LogP contribution >= 0.6 is 0 Å².